The third-order valence-corrected chi connectivity index (χ3v) is 5.56. The van der Waals surface area contributed by atoms with Gasteiger partial charge in [0.25, 0.3) is 0 Å². The second-order valence-corrected chi connectivity index (χ2v) is 7.62. The fourth-order valence-electron chi connectivity index (χ4n) is 3.97. The molecule has 0 spiro atoms. The third kappa shape index (κ3) is 5.24. The Bertz CT molecular complexity index is 822. The van der Waals surface area contributed by atoms with Gasteiger partial charge in [-0.25, -0.2) is 4.39 Å². The molecule has 162 valence electrons. The number of amides is 2. The van der Waals surface area contributed by atoms with Crippen molar-refractivity contribution in [2.75, 3.05) is 39.5 Å². The van der Waals surface area contributed by atoms with Crippen molar-refractivity contribution >= 4 is 23.9 Å². The van der Waals surface area contributed by atoms with Crippen LogP contribution < -0.4 is 0 Å². The van der Waals surface area contributed by atoms with Gasteiger partial charge in [-0.05, 0) is 25.0 Å². The van der Waals surface area contributed by atoms with Crippen molar-refractivity contribution in [3.05, 3.63) is 41.7 Å². The zero-order valence-corrected chi connectivity index (χ0v) is 17.1. The molecule has 1 unspecified atom stereocenters. The topological polar surface area (TPSA) is 76.2 Å². The summed E-state index contributed by atoms with van der Waals surface area (Å²) < 4.78 is 24.4. The average Bonchev–Trinajstić information content (AvgIpc) is 3.16. The molecule has 1 aromatic rings. The van der Waals surface area contributed by atoms with E-state index in [0.717, 1.165) is 0 Å². The predicted octanol–water partition coefficient (Wildman–Crippen LogP) is 2.01. The number of rotatable bonds is 6. The lowest BCUT2D eigenvalue weighted by Crippen LogP contribution is -2.54. The van der Waals surface area contributed by atoms with Crippen molar-refractivity contribution < 1.29 is 28.2 Å². The molecule has 2 aliphatic rings. The average molecular weight is 418 g/mol. The molecule has 3 rings (SSSR count). The highest BCUT2D eigenvalue weighted by Crippen LogP contribution is 2.34. The quantitative estimate of drug-likeness (QED) is 0.522. The normalized spacial score (nSPS) is 21.8. The molecule has 0 bridgehead atoms. The van der Waals surface area contributed by atoms with E-state index >= 15 is 0 Å². The number of benzene rings is 1. The van der Waals surface area contributed by atoms with Gasteiger partial charge in [-0.15, -0.1) is 0 Å². The van der Waals surface area contributed by atoms with E-state index < -0.39 is 17.3 Å². The lowest BCUT2D eigenvalue weighted by atomic mass is 9.91. The Labute approximate surface area is 175 Å². The van der Waals surface area contributed by atoms with Crippen LogP contribution in [0.1, 0.15) is 31.7 Å². The molecule has 0 N–H and O–H groups in total. The molecule has 2 fully saturated rings. The molecule has 30 heavy (non-hydrogen) atoms. The van der Waals surface area contributed by atoms with E-state index in [1.54, 1.807) is 28.0 Å². The number of carbonyl (C=O) groups is 3. The van der Waals surface area contributed by atoms with Crippen LogP contribution in [0.3, 0.4) is 0 Å². The lowest BCUT2D eigenvalue weighted by molar-refractivity contribution is -0.152. The molecule has 7 nitrogen and oxygen atoms in total. The molecule has 0 radical (unpaired) electrons. The Morgan fingerprint density at radius 3 is 2.63 bits per heavy atom. The number of halogens is 1. The van der Waals surface area contributed by atoms with Crippen molar-refractivity contribution in [2.24, 2.45) is 0 Å². The number of ether oxygens (including phenoxy) is 2. The Balaban J connectivity index is 1.79. The molecular formula is C22H27FN2O5. The van der Waals surface area contributed by atoms with Crippen LogP contribution in [0.25, 0.3) is 6.08 Å². The van der Waals surface area contributed by atoms with Crippen molar-refractivity contribution in [2.45, 2.75) is 31.7 Å². The van der Waals surface area contributed by atoms with Crippen molar-refractivity contribution in [1.82, 2.24) is 9.80 Å². The van der Waals surface area contributed by atoms with E-state index in [4.69, 9.17) is 9.47 Å². The van der Waals surface area contributed by atoms with Gasteiger partial charge >= 0.3 is 5.97 Å². The Morgan fingerprint density at radius 2 is 1.93 bits per heavy atom. The summed E-state index contributed by atoms with van der Waals surface area (Å²) in [6.07, 6.45) is 4.05. The van der Waals surface area contributed by atoms with Crippen LogP contribution >= 0.6 is 0 Å². The molecule has 1 aromatic carbocycles. The third-order valence-electron chi connectivity index (χ3n) is 5.56. The summed E-state index contributed by atoms with van der Waals surface area (Å²) in [4.78, 5) is 40.7. The SMILES string of the molecule is CC(=O)OCC1(CC(=O)N2CCOCC2)CCCN1C(=O)C=Cc1ccccc1F. The maximum Gasteiger partial charge on any atom is 0.302 e. The van der Waals surface area contributed by atoms with E-state index in [2.05, 4.69) is 0 Å². The number of hydrogen-bond acceptors (Lipinski definition) is 5. The van der Waals surface area contributed by atoms with E-state index in [-0.39, 0.29) is 24.8 Å². The van der Waals surface area contributed by atoms with Crippen LogP contribution in [-0.2, 0) is 23.9 Å². The minimum Gasteiger partial charge on any atom is -0.463 e. The monoisotopic (exact) mass is 418 g/mol. The zero-order chi connectivity index (χ0) is 21.6. The van der Waals surface area contributed by atoms with Crippen LogP contribution in [-0.4, -0.2) is 72.6 Å². The maximum absolute atomic E-state index is 13.9. The molecule has 0 saturated carbocycles. The van der Waals surface area contributed by atoms with Gasteiger partial charge in [-0.2, -0.15) is 0 Å². The highest BCUT2D eigenvalue weighted by molar-refractivity contribution is 5.93. The minimum absolute atomic E-state index is 0.0440. The van der Waals surface area contributed by atoms with Crippen molar-refractivity contribution in [3.63, 3.8) is 0 Å². The molecule has 1 atom stereocenters. The molecule has 2 heterocycles. The smallest absolute Gasteiger partial charge is 0.302 e. The van der Waals surface area contributed by atoms with E-state index in [0.29, 0.717) is 51.3 Å². The van der Waals surface area contributed by atoms with Crippen molar-refractivity contribution in [3.8, 4) is 0 Å². The largest absolute Gasteiger partial charge is 0.463 e. The van der Waals surface area contributed by atoms with E-state index in [1.807, 2.05) is 0 Å². The van der Waals surface area contributed by atoms with Gasteiger partial charge in [0.2, 0.25) is 11.8 Å². The fourth-order valence-corrected chi connectivity index (χ4v) is 3.97. The molecule has 8 heteroatoms. The summed E-state index contributed by atoms with van der Waals surface area (Å²) in [7, 11) is 0. The summed E-state index contributed by atoms with van der Waals surface area (Å²) >= 11 is 0. The van der Waals surface area contributed by atoms with E-state index in [9.17, 15) is 18.8 Å². The summed E-state index contributed by atoms with van der Waals surface area (Å²) in [6.45, 7) is 3.67. The first-order valence-electron chi connectivity index (χ1n) is 10.1. The summed E-state index contributed by atoms with van der Waals surface area (Å²) in [5, 5.41) is 0. The fraction of sp³-hybridized carbons (Fsp3) is 0.500. The first kappa shape index (κ1) is 22.0. The van der Waals surface area contributed by atoms with Gasteiger partial charge in [0.1, 0.15) is 12.4 Å². The Kier molecular flexibility index (Phi) is 7.20. The number of carbonyl (C=O) groups excluding carboxylic acids is 3. The Hall–Kier alpha value is -2.74. The van der Waals surface area contributed by atoms with Crippen LogP contribution in [0.5, 0.6) is 0 Å². The highest BCUT2D eigenvalue weighted by atomic mass is 19.1. The summed E-state index contributed by atoms with van der Waals surface area (Å²) in [5.41, 5.74) is -0.599. The van der Waals surface area contributed by atoms with Crippen LogP contribution in [0.2, 0.25) is 0 Å². The lowest BCUT2D eigenvalue weighted by Gasteiger charge is -2.39. The minimum atomic E-state index is -0.905. The van der Waals surface area contributed by atoms with Crippen LogP contribution in [0.4, 0.5) is 4.39 Å². The molecule has 2 aliphatic heterocycles. The maximum atomic E-state index is 13.9. The molecule has 2 saturated heterocycles. The van der Waals surface area contributed by atoms with Gasteiger partial charge in [0, 0.05) is 38.2 Å². The summed E-state index contributed by atoms with van der Waals surface area (Å²) in [6, 6.07) is 6.18. The van der Waals surface area contributed by atoms with E-state index in [1.165, 1.54) is 25.1 Å². The molecule has 2 amide bonds. The number of morpholine rings is 1. The van der Waals surface area contributed by atoms with Crippen LogP contribution in [0, 0.1) is 5.82 Å². The van der Waals surface area contributed by atoms with Gasteiger partial charge in [0.05, 0.1) is 25.2 Å². The number of esters is 1. The standard InChI is InChI=1S/C22H27FN2O5/c1-17(26)30-16-22(15-21(28)24-11-13-29-14-12-24)9-4-10-25(22)20(27)8-7-18-5-2-3-6-19(18)23/h2-3,5-8H,4,9-16H2,1H3. The number of hydrogen-bond donors (Lipinski definition) is 0. The van der Waals surface area contributed by atoms with Gasteiger partial charge in [0.15, 0.2) is 0 Å². The predicted molar refractivity (Wildman–Crippen MR) is 108 cm³/mol. The zero-order valence-electron chi connectivity index (χ0n) is 17.1. The Morgan fingerprint density at radius 1 is 1.20 bits per heavy atom. The first-order valence-corrected chi connectivity index (χ1v) is 10.1. The number of likely N-dealkylation sites (tertiary alicyclic amines) is 1. The van der Waals surface area contributed by atoms with Crippen LogP contribution in [0.15, 0.2) is 30.3 Å². The molecule has 0 aromatic heterocycles. The molecular weight excluding hydrogens is 391 g/mol. The second kappa shape index (κ2) is 9.84. The highest BCUT2D eigenvalue weighted by Gasteiger charge is 2.46. The van der Waals surface area contributed by atoms with Gasteiger partial charge in [-0.3, -0.25) is 14.4 Å². The number of nitrogens with zero attached hydrogens (tertiary/aromatic N) is 2. The summed E-state index contributed by atoms with van der Waals surface area (Å²) in [5.74, 6) is -1.31. The van der Waals surface area contributed by atoms with Crippen molar-refractivity contribution in [1.29, 1.82) is 0 Å². The second-order valence-electron chi connectivity index (χ2n) is 7.62. The van der Waals surface area contributed by atoms with Gasteiger partial charge in [-0.1, -0.05) is 18.2 Å². The first-order chi connectivity index (χ1) is 14.4. The van der Waals surface area contributed by atoms with Gasteiger partial charge < -0.3 is 19.3 Å². The molecule has 0 aliphatic carbocycles.